The molecule has 0 saturated carbocycles. The van der Waals surface area contributed by atoms with E-state index in [9.17, 15) is 9.18 Å². The van der Waals surface area contributed by atoms with E-state index in [1.807, 2.05) is 20.9 Å². The normalized spacial score (nSPS) is 14.0. The molecule has 6 heteroatoms. The molecule has 23 heavy (non-hydrogen) atoms. The smallest absolute Gasteiger partial charge is 0.231 e. The van der Waals surface area contributed by atoms with Gasteiger partial charge in [-0.05, 0) is 44.4 Å². The fraction of sp³-hybridized carbons (Fsp3) is 0.412. The van der Waals surface area contributed by atoms with Crippen molar-refractivity contribution in [3.8, 4) is 0 Å². The Balaban J connectivity index is 1.93. The summed E-state index contributed by atoms with van der Waals surface area (Å²) in [6, 6.07) is 3.02. The second-order valence-electron chi connectivity index (χ2n) is 5.99. The molecule has 1 aliphatic heterocycles. The first-order chi connectivity index (χ1) is 10.9. The van der Waals surface area contributed by atoms with Gasteiger partial charge in [0.15, 0.2) is 0 Å². The average Bonchev–Trinajstić information content (AvgIpc) is 2.72. The lowest BCUT2D eigenvalue weighted by molar-refractivity contribution is -0.118. The summed E-state index contributed by atoms with van der Waals surface area (Å²) in [5.41, 5.74) is 3.90. The molecule has 3 rings (SSSR count). The Labute approximate surface area is 139 Å². The van der Waals surface area contributed by atoms with Crippen LogP contribution < -0.4 is 4.90 Å². The third-order valence-corrected chi connectivity index (χ3v) is 4.71. The number of aryl methyl sites for hydroxylation is 3. The number of nitrogens with zero attached hydrogens (tertiary/aromatic N) is 3. The van der Waals surface area contributed by atoms with Gasteiger partial charge in [-0.15, -0.1) is 0 Å². The van der Waals surface area contributed by atoms with Gasteiger partial charge in [0.2, 0.25) is 5.91 Å². The molecule has 4 nitrogen and oxygen atoms in total. The van der Waals surface area contributed by atoms with Crippen LogP contribution in [0.1, 0.15) is 28.9 Å². The van der Waals surface area contributed by atoms with Gasteiger partial charge in [-0.25, -0.2) is 4.39 Å². The number of hydrogen-bond acceptors (Lipinski definition) is 2. The fourth-order valence-corrected chi connectivity index (χ4v) is 3.45. The minimum absolute atomic E-state index is 0.105. The molecule has 0 N–H and O–H groups in total. The van der Waals surface area contributed by atoms with Gasteiger partial charge in [0, 0.05) is 29.9 Å². The molecule has 1 aromatic heterocycles. The van der Waals surface area contributed by atoms with E-state index < -0.39 is 5.82 Å². The highest BCUT2D eigenvalue weighted by Gasteiger charge is 2.27. The van der Waals surface area contributed by atoms with E-state index in [4.69, 9.17) is 11.6 Å². The van der Waals surface area contributed by atoms with E-state index in [1.54, 1.807) is 15.6 Å². The predicted molar refractivity (Wildman–Crippen MR) is 88.5 cm³/mol. The highest BCUT2D eigenvalue weighted by Crippen LogP contribution is 2.33. The van der Waals surface area contributed by atoms with E-state index in [0.29, 0.717) is 17.3 Å². The Morgan fingerprint density at radius 3 is 2.78 bits per heavy atom. The molecule has 0 bridgehead atoms. The van der Waals surface area contributed by atoms with Crippen LogP contribution in [-0.2, 0) is 24.7 Å². The summed E-state index contributed by atoms with van der Waals surface area (Å²) in [6.07, 6.45) is 1.78. The first-order valence-corrected chi connectivity index (χ1v) is 8.03. The lowest BCUT2D eigenvalue weighted by Crippen LogP contribution is -2.37. The monoisotopic (exact) mass is 335 g/mol. The lowest BCUT2D eigenvalue weighted by atomic mass is 10.00. The van der Waals surface area contributed by atoms with Crippen LogP contribution in [-0.4, -0.2) is 22.2 Å². The van der Waals surface area contributed by atoms with Gasteiger partial charge in [-0.3, -0.25) is 9.48 Å². The Morgan fingerprint density at radius 1 is 1.39 bits per heavy atom. The number of carbonyl (C=O) groups is 1. The second kappa shape index (κ2) is 5.96. The zero-order chi connectivity index (χ0) is 16.7. The number of fused-ring (bicyclic) bond motifs is 1. The largest absolute Gasteiger partial charge is 0.309 e. The molecule has 0 spiro atoms. The van der Waals surface area contributed by atoms with Gasteiger partial charge in [0.05, 0.1) is 17.8 Å². The molecule has 2 heterocycles. The molecule has 1 amide bonds. The number of anilines is 1. The average molecular weight is 336 g/mol. The van der Waals surface area contributed by atoms with Crippen molar-refractivity contribution in [3.05, 3.63) is 45.5 Å². The van der Waals surface area contributed by atoms with E-state index in [1.165, 1.54) is 6.07 Å². The van der Waals surface area contributed by atoms with E-state index in [-0.39, 0.29) is 12.3 Å². The van der Waals surface area contributed by atoms with Crippen molar-refractivity contribution < 1.29 is 9.18 Å². The van der Waals surface area contributed by atoms with Gasteiger partial charge in [-0.1, -0.05) is 11.6 Å². The summed E-state index contributed by atoms with van der Waals surface area (Å²) in [4.78, 5) is 14.3. The maximum atomic E-state index is 14.3. The van der Waals surface area contributed by atoms with Gasteiger partial charge in [-0.2, -0.15) is 5.10 Å². The van der Waals surface area contributed by atoms with Crippen molar-refractivity contribution in [2.75, 3.05) is 11.4 Å². The number of benzene rings is 1. The molecule has 0 unspecified atom stereocenters. The highest BCUT2D eigenvalue weighted by molar-refractivity contribution is 6.30. The van der Waals surface area contributed by atoms with Crippen molar-refractivity contribution in [1.29, 1.82) is 0 Å². The van der Waals surface area contributed by atoms with Crippen molar-refractivity contribution >= 4 is 23.2 Å². The molecule has 1 aromatic carbocycles. The summed E-state index contributed by atoms with van der Waals surface area (Å²) in [7, 11) is 1.86. The second-order valence-corrected chi connectivity index (χ2v) is 6.43. The Kier molecular flexibility index (Phi) is 4.15. The molecule has 122 valence electrons. The number of halogens is 2. The van der Waals surface area contributed by atoms with Gasteiger partial charge < -0.3 is 4.90 Å². The SMILES string of the molecule is Cc1nn(C)c(C)c1CC(=O)N1CCCc2cc(Cl)cc(F)c21. The van der Waals surface area contributed by atoms with Crippen molar-refractivity contribution in [2.24, 2.45) is 7.05 Å². The summed E-state index contributed by atoms with van der Waals surface area (Å²) < 4.78 is 16.1. The van der Waals surface area contributed by atoms with Crippen LogP contribution in [0.25, 0.3) is 0 Å². The van der Waals surface area contributed by atoms with Crippen molar-refractivity contribution in [3.63, 3.8) is 0 Å². The summed E-state index contributed by atoms with van der Waals surface area (Å²) >= 11 is 5.93. The quantitative estimate of drug-likeness (QED) is 0.844. The van der Waals surface area contributed by atoms with Crippen LogP contribution >= 0.6 is 11.6 Å². The highest BCUT2D eigenvalue weighted by atomic mass is 35.5. The van der Waals surface area contributed by atoms with Gasteiger partial charge in [0.1, 0.15) is 5.82 Å². The fourth-order valence-electron chi connectivity index (χ4n) is 3.22. The third kappa shape index (κ3) is 2.85. The number of aromatic nitrogens is 2. The summed E-state index contributed by atoms with van der Waals surface area (Å²) in [5, 5.41) is 4.71. The standard InChI is InChI=1S/C17H19ClFN3O/c1-10-14(11(2)21(3)20-10)9-16(23)22-6-4-5-12-7-13(18)8-15(19)17(12)22/h7-8H,4-6,9H2,1-3H3. The van der Waals surface area contributed by atoms with Crippen molar-refractivity contribution in [1.82, 2.24) is 9.78 Å². The number of carbonyl (C=O) groups excluding carboxylic acids is 1. The van der Waals surface area contributed by atoms with Crippen LogP contribution in [0, 0.1) is 19.7 Å². The van der Waals surface area contributed by atoms with Crippen LogP contribution in [0.3, 0.4) is 0 Å². The zero-order valence-electron chi connectivity index (χ0n) is 13.5. The molecule has 0 fully saturated rings. The Hall–Kier alpha value is -1.88. The first-order valence-electron chi connectivity index (χ1n) is 7.66. The minimum atomic E-state index is -0.430. The van der Waals surface area contributed by atoms with Crippen LogP contribution in [0.15, 0.2) is 12.1 Å². The topological polar surface area (TPSA) is 38.1 Å². The molecule has 0 saturated heterocycles. The number of amides is 1. The minimum Gasteiger partial charge on any atom is -0.309 e. The zero-order valence-corrected chi connectivity index (χ0v) is 14.2. The molecular weight excluding hydrogens is 317 g/mol. The lowest BCUT2D eigenvalue weighted by Gasteiger charge is -2.30. The van der Waals surface area contributed by atoms with Gasteiger partial charge in [0.25, 0.3) is 0 Å². The molecular formula is C17H19ClFN3O. The molecule has 0 atom stereocenters. The Bertz CT molecular complexity index is 785. The Morgan fingerprint density at radius 2 is 2.13 bits per heavy atom. The van der Waals surface area contributed by atoms with Crippen LogP contribution in [0.5, 0.6) is 0 Å². The van der Waals surface area contributed by atoms with Crippen molar-refractivity contribution in [2.45, 2.75) is 33.1 Å². The number of hydrogen-bond donors (Lipinski definition) is 0. The van der Waals surface area contributed by atoms with E-state index in [0.717, 1.165) is 35.4 Å². The maximum absolute atomic E-state index is 14.3. The van der Waals surface area contributed by atoms with E-state index in [2.05, 4.69) is 5.10 Å². The maximum Gasteiger partial charge on any atom is 0.231 e. The van der Waals surface area contributed by atoms with E-state index >= 15 is 0 Å². The van der Waals surface area contributed by atoms with Gasteiger partial charge >= 0.3 is 0 Å². The summed E-state index contributed by atoms with van der Waals surface area (Å²) in [6.45, 7) is 4.36. The van der Waals surface area contributed by atoms with Crippen LogP contribution in [0.2, 0.25) is 5.02 Å². The molecule has 1 aliphatic rings. The third-order valence-electron chi connectivity index (χ3n) is 4.49. The summed E-state index contributed by atoms with van der Waals surface area (Å²) in [5.74, 6) is -0.536. The molecule has 0 radical (unpaired) electrons. The first kappa shape index (κ1) is 16.0. The predicted octanol–water partition coefficient (Wildman–Crippen LogP) is 3.35. The van der Waals surface area contributed by atoms with Crippen LogP contribution in [0.4, 0.5) is 10.1 Å². The number of rotatable bonds is 2. The molecule has 2 aromatic rings. The molecule has 0 aliphatic carbocycles.